The summed E-state index contributed by atoms with van der Waals surface area (Å²) in [6, 6.07) is 4.38. The van der Waals surface area contributed by atoms with Crippen molar-refractivity contribution in [2.75, 3.05) is 125 Å². The van der Waals surface area contributed by atoms with Gasteiger partial charge in [-0.2, -0.15) is 23.1 Å². The second-order valence-electron chi connectivity index (χ2n) is 11.3. The van der Waals surface area contributed by atoms with Crippen LogP contribution >= 0.6 is 0 Å². The van der Waals surface area contributed by atoms with Gasteiger partial charge >= 0.3 is 6.18 Å². The van der Waals surface area contributed by atoms with Gasteiger partial charge in [-0.05, 0) is 6.07 Å². The van der Waals surface area contributed by atoms with Gasteiger partial charge in [-0.1, -0.05) is 0 Å². The number of morpholine rings is 4. The van der Waals surface area contributed by atoms with E-state index in [2.05, 4.69) is 14.9 Å². The van der Waals surface area contributed by atoms with Gasteiger partial charge in [0.15, 0.2) is 0 Å². The number of rotatable bonds is 6. The second kappa shape index (κ2) is 13.5. The lowest BCUT2D eigenvalue weighted by molar-refractivity contribution is -0.137. The Morgan fingerprint density at radius 3 is 1.37 bits per heavy atom. The third-order valence-corrected chi connectivity index (χ3v) is 8.41. The molecule has 4 fully saturated rings. The molecule has 0 aromatic carbocycles. The van der Waals surface area contributed by atoms with Gasteiger partial charge in [0.1, 0.15) is 11.6 Å². The molecule has 0 N–H and O–H groups in total. The minimum atomic E-state index is -4.69. The number of alkyl halides is 3. The lowest BCUT2D eigenvalue weighted by Crippen LogP contribution is -2.39. The molecular formula is C30H36F3N9O4. The van der Waals surface area contributed by atoms with Crippen LogP contribution in [0.4, 0.5) is 36.7 Å². The SMILES string of the molecule is FC(F)(F)c1cc(-c2cc(N3CCOCC3)nc(N3CCOCC3)n2)ncc1-c1cc(N2CCOCC2)nc(N2CCOCC2)n1. The zero-order valence-corrected chi connectivity index (χ0v) is 25.4. The molecule has 0 bridgehead atoms. The minimum absolute atomic E-state index is 0.0957. The molecule has 3 aromatic heterocycles. The molecule has 7 rings (SSSR count). The lowest BCUT2D eigenvalue weighted by Gasteiger charge is -2.31. The number of hydrogen-bond acceptors (Lipinski definition) is 13. The maximum atomic E-state index is 14.9. The summed E-state index contributed by atoms with van der Waals surface area (Å²) in [5, 5.41) is 0. The van der Waals surface area contributed by atoms with E-state index < -0.39 is 11.7 Å². The summed E-state index contributed by atoms with van der Waals surface area (Å²) in [5.41, 5.74) is -0.427. The largest absolute Gasteiger partial charge is 0.417 e. The van der Waals surface area contributed by atoms with E-state index in [1.807, 2.05) is 14.7 Å². The predicted molar refractivity (Wildman–Crippen MR) is 163 cm³/mol. The Morgan fingerprint density at radius 2 is 0.913 bits per heavy atom. The fourth-order valence-electron chi connectivity index (χ4n) is 5.87. The van der Waals surface area contributed by atoms with Crippen molar-refractivity contribution in [3.8, 4) is 22.6 Å². The van der Waals surface area contributed by atoms with Crippen LogP contribution in [0.25, 0.3) is 22.6 Å². The minimum Gasteiger partial charge on any atom is -0.378 e. The molecular weight excluding hydrogens is 607 g/mol. The molecule has 16 heteroatoms. The quantitative estimate of drug-likeness (QED) is 0.392. The first-order valence-electron chi connectivity index (χ1n) is 15.6. The molecule has 4 aliphatic rings. The molecule has 0 saturated carbocycles. The number of pyridine rings is 1. The van der Waals surface area contributed by atoms with Crippen molar-refractivity contribution in [3.63, 3.8) is 0 Å². The van der Waals surface area contributed by atoms with Crippen LogP contribution in [0.15, 0.2) is 24.4 Å². The van der Waals surface area contributed by atoms with E-state index in [-0.39, 0.29) is 17.0 Å². The zero-order valence-electron chi connectivity index (χ0n) is 25.4. The van der Waals surface area contributed by atoms with Crippen LogP contribution in [-0.2, 0) is 25.1 Å². The van der Waals surface area contributed by atoms with Crippen molar-refractivity contribution in [2.24, 2.45) is 0 Å². The highest BCUT2D eigenvalue weighted by molar-refractivity contribution is 5.72. The zero-order chi connectivity index (χ0) is 31.5. The van der Waals surface area contributed by atoms with E-state index in [1.54, 1.807) is 12.1 Å². The van der Waals surface area contributed by atoms with Crippen molar-refractivity contribution in [3.05, 3.63) is 30.0 Å². The first-order chi connectivity index (χ1) is 22.4. The van der Waals surface area contributed by atoms with Gasteiger partial charge in [-0.3, -0.25) is 4.98 Å². The molecule has 0 atom stereocenters. The molecule has 0 radical (unpaired) electrons. The van der Waals surface area contributed by atoms with Crippen LogP contribution in [0.5, 0.6) is 0 Å². The summed E-state index contributed by atoms with van der Waals surface area (Å²) < 4.78 is 66.6. The van der Waals surface area contributed by atoms with E-state index in [4.69, 9.17) is 33.9 Å². The molecule has 0 spiro atoms. The highest BCUT2D eigenvalue weighted by Crippen LogP contribution is 2.39. The molecule has 4 aliphatic heterocycles. The van der Waals surface area contributed by atoms with E-state index in [0.717, 1.165) is 6.07 Å². The van der Waals surface area contributed by atoms with Gasteiger partial charge in [0.05, 0.1) is 75.5 Å². The fraction of sp³-hybridized carbons (Fsp3) is 0.567. The van der Waals surface area contributed by atoms with Crippen LogP contribution in [0.2, 0.25) is 0 Å². The number of anilines is 4. The van der Waals surface area contributed by atoms with Crippen LogP contribution in [-0.4, -0.2) is 130 Å². The predicted octanol–water partition coefficient (Wildman–Crippen LogP) is 2.36. The number of ether oxygens (including phenoxy) is 4. The van der Waals surface area contributed by atoms with Crippen LogP contribution < -0.4 is 19.6 Å². The van der Waals surface area contributed by atoms with Crippen molar-refractivity contribution in [2.45, 2.75) is 6.18 Å². The Morgan fingerprint density at radius 1 is 0.500 bits per heavy atom. The standard InChI is InChI=1S/C30H36F3N9O4/c31-30(32,33)22-17-24(25-19-27(40-3-11-44-12-4-40)38-29(36-25)42-7-15-46-16-8-42)34-20-21(22)23-18-26(39-1-9-43-10-2-39)37-28(35-23)41-5-13-45-14-6-41/h17-20H,1-16H2. The van der Waals surface area contributed by atoms with Crippen molar-refractivity contribution in [1.29, 1.82) is 0 Å². The van der Waals surface area contributed by atoms with Gasteiger partial charge in [0, 0.05) is 76.3 Å². The molecule has 246 valence electrons. The average molecular weight is 644 g/mol. The summed E-state index contributed by atoms with van der Waals surface area (Å²) in [6.07, 6.45) is -3.44. The summed E-state index contributed by atoms with van der Waals surface area (Å²) in [5.74, 6) is 1.96. The van der Waals surface area contributed by atoms with Crippen molar-refractivity contribution in [1.82, 2.24) is 24.9 Å². The Hall–Kier alpha value is -3.86. The number of aromatic nitrogens is 5. The van der Waals surface area contributed by atoms with E-state index in [1.165, 1.54) is 6.20 Å². The molecule has 3 aromatic rings. The second-order valence-corrected chi connectivity index (χ2v) is 11.3. The summed E-state index contributed by atoms with van der Waals surface area (Å²) >= 11 is 0. The molecule has 46 heavy (non-hydrogen) atoms. The first kappa shape index (κ1) is 30.8. The molecule has 13 nitrogen and oxygen atoms in total. The smallest absolute Gasteiger partial charge is 0.378 e. The molecule has 0 aliphatic carbocycles. The van der Waals surface area contributed by atoms with Gasteiger partial charge in [-0.25, -0.2) is 9.97 Å². The Kier molecular flexibility index (Phi) is 9.01. The number of nitrogens with zero attached hydrogens (tertiary/aromatic N) is 9. The molecule has 0 unspecified atom stereocenters. The summed E-state index contributed by atoms with van der Waals surface area (Å²) in [6.45, 7) is 8.73. The molecule has 0 amide bonds. The Balaban J connectivity index is 1.31. The Bertz CT molecular complexity index is 1430. The van der Waals surface area contributed by atoms with Gasteiger partial charge in [0.25, 0.3) is 0 Å². The van der Waals surface area contributed by atoms with E-state index >= 15 is 0 Å². The highest BCUT2D eigenvalue weighted by atomic mass is 19.4. The van der Waals surface area contributed by atoms with Crippen LogP contribution in [0, 0.1) is 0 Å². The van der Waals surface area contributed by atoms with Crippen LogP contribution in [0.1, 0.15) is 5.56 Å². The monoisotopic (exact) mass is 643 g/mol. The fourth-order valence-corrected chi connectivity index (χ4v) is 5.87. The third kappa shape index (κ3) is 6.79. The maximum absolute atomic E-state index is 14.9. The van der Waals surface area contributed by atoms with Crippen molar-refractivity contribution < 1.29 is 32.1 Å². The maximum Gasteiger partial charge on any atom is 0.417 e. The Labute approximate surface area is 264 Å². The highest BCUT2D eigenvalue weighted by Gasteiger charge is 2.36. The molecule has 4 saturated heterocycles. The average Bonchev–Trinajstić information content (AvgIpc) is 3.12. The topological polar surface area (TPSA) is 114 Å². The van der Waals surface area contributed by atoms with Crippen LogP contribution in [0.3, 0.4) is 0 Å². The molecule has 7 heterocycles. The summed E-state index contributed by atoms with van der Waals surface area (Å²) in [7, 11) is 0. The summed E-state index contributed by atoms with van der Waals surface area (Å²) in [4.78, 5) is 31.4. The van der Waals surface area contributed by atoms with E-state index in [9.17, 15) is 13.2 Å². The number of hydrogen-bond donors (Lipinski definition) is 0. The van der Waals surface area contributed by atoms with E-state index in [0.29, 0.717) is 134 Å². The lowest BCUT2D eigenvalue weighted by atomic mass is 10.0. The third-order valence-electron chi connectivity index (χ3n) is 8.41. The van der Waals surface area contributed by atoms with Gasteiger partial charge in [-0.15, -0.1) is 0 Å². The van der Waals surface area contributed by atoms with Gasteiger partial charge < -0.3 is 38.5 Å². The first-order valence-corrected chi connectivity index (χ1v) is 15.6. The number of halogens is 3. The normalized spacial score (nSPS) is 19.9. The van der Waals surface area contributed by atoms with Crippen molar-refractivity contribution >= 4 is 23.5 Å². The van der Waals surface area contributed by atoms with Gasteiger partial charge in [0.2, 0.25) is 11.9 Å².